The highest BCUT2D eigenvalue weighted by molar-refractivity contribution is 5.53. The van der Waals surface area contributed by atoms with Crippen molar-refractivity contribution in [3.63, 3.8) is 0 Å². The van der Waals surface area contributed by atoms with Gasteiger partial charge in [-0.15, -0.1) is 0 Å². The van der Waals surface area contributed by atoms with E-state index in [0.29, 0.717) is 11.7 Å². The third-order valence-corrected chi connectivity index (χ3v) is 2.20. The Kier molecular flexibility index (Phi) is 2.47. The number of nitrogens with two attached hydrogens (primary N) is 1. The van der Waals surface area contributed by atoms with Crippen LogP contribution in [0, 0.1) is 6.92 Å². The molecular formula is C11H14N4O. The van der Waals surface area contributed by atoms with E-state index in [1.165, 1.54) is 0 Å². The molecule has 16 heavy (non-hydrogen) atoms. The van der Waals surface area contributed by atoms with Gasteiger partial charge in [0.2, 0.25) is 11.7 Å². The van der Waals surface area contributed by atoms with E-state index in [2.05, 4.69) is 15.1 Å². The average molecular weight is 218 g/mol. The normalized spacial score (nSPS) is 11.8. The Bertz CT molecular complexity index is 499. The molecule has 2 N–H and O–H groups in total. The van der Waals surface area contributed by atoms with Gasteiger partial charge in [0.25, 0.3) is 0 Å². The molecule has 84 valence electrons. The molecule has 0 saturated heterocycles. The van der Waals surface area contributed by atoms with Crippen LogP contribution in [-0.2, 0) is 5.54 Å². The minimum atomic E-state index is -0.631. The maximum atomic E-state index is 5.87. The lowest BCUT2D eigenvalue weighted by atomic mass is 10.1. The number of aromatic nitrogens is 3. The highest BCUT2D eigenvalue weighted by Gasteiger charge is 2.23. The van der Waals surface area contributed by atoms with Gasteiger partial charge in [0, 0.05) is 6.20 Å². The van der Waals surface area contributed by atoms with Crippen LogP contribution >= 0.6 is 0 Å². The lowest BCUT2D eigenvalue weighted by molar-refractivity contribution is 0.312. The highest BCUT2D eigenvalue weighted by atomic mass is 16.5. The van der Waals surface area contributed by atoms with Crippen LogP contribution in [0.3, 0.4) is 0 Å². The van der Waals surface area contributed by atoms with E-state index in [9.17, 15) is 0 Å². The largest absolute Gasteiger partial charge is 0.337 e. The molecule has 5 heteroatoms. The topological polar surface area (TPSA) is 77.8 Å². The Hall–Kier alpha value is -1.75. The molecule has 0 atom stereocenters. The van der Waals surface area contributed by atoms with E-state index in [0.717, 1.165) is 11.3 Å². The first-order valence-corrected chi connectivity index (χ1v) is 5.03. The van der Waals surface area contributed by atoms with E-state index in [1.54, 1.807) is 6.20 Å². The molecule has 0 saturated carbocycles. The molecule has 2 heterocycles. The fourth-order valence-electron chi connectivity index (χ4n) is 1.30. The van der Waals surface area contributed by atoms with Gasteiger partial charge in [-0.1, -0.05) is 11.2 Å². The summed E-state index contributed by atoms with van der Waals surface area (Å²) in [6, 6.07) is 3.82. The monoisotopic (exact) mass is 218 g/mol. The van der Waals surface area contributed by atoms with Crippen molar-refractivity contribution in [2.24, 2.45) is 5.73 Å². The lowest BCUT2D eigenvalue weighted by Crippen LogP contribution is -2.29. The van der Waals surface area contributed by atoms with Crippen molar-refractivity contribution in [1.29, 1.82) is 0 Å². The van der Waals surface area contributed by atoms with Crippen LogP contribution in [0.1, 0.15) is 25.3 Å². The summed E-state index contributed by atoms with van der Waals surface area (Å²) in [7, 11) is 0. The maximum absolute atomic E-state index is 5.87. The molecule has 0 aliphatic rings. The molecule has 0 aliphatic heterocycles. The summed E-state index contributed by atoms with van der Waals surface area (Å²) >= 11 is 0. The van der Waals surface area contributed by atoms with Gasteiger partial charge in [-0.3, -0.25) is 4.98 Å². The second-order valence-electron chi connectivity index (χ2n) is 4.31. The molecule has 0 aromatic carbocycles. The first-order valence-electron chi connectivity index (χ1n) is 5.03. The van der Waals surface area contributed by atoms with Gasteiger partial charge in [0.1, 0.15) is 5.69 Å². The molecule has 2 aromatic rings. The van der Waals surface area contributed by atoms with Crippen LogP contribution in [0.2, 0.25) is 0 Å². The molecule has 5 nitrogen and oxygen atoms in total. The first-order chi connectivity index (χ1) is 7.48. The average Bonchev–Trinajstić information content (AvgIpc) is 2.66. The van der Waals surface area contributed by atoms with Crippen molar-refractivity contribution in [3.05, 3.63) is 29.8 Å². The number of nitrogens with zero attached hydrogens (tertiary/aromatic N) is 3. The zero-order chi connectivity index (χ0) is 11.8. The summed E-state index contributed by atoms with van der Waals surface area (Å²) in [5.74, 6) is 0.888. The van der Waals surface area contributed by atoms with Crippen LogP contribution in [-0.4, -0.2) is 15.1 Å². The van der Waals surface area contributed by atoms with E-state index in [-0.39, 0.29) is 0 Å². The zero-order valence-electron chi connectivity index (χ0n) is 9.56. The second kappa shape index (κ2) is 3.68. The Morgan fingerprint density at radius 2 is 2.12 bits per heavy atom. The van der Waals surface area contributed by atoms with Crippen LogP contribution in [0.25, 0.3) is 11.5 Å². The Labute approximate surface area is 93.7 Å². The molecule has 0 unspecified atom stereocenters. The molecule has 2 aromatic heterocycles. The van der Waals surface area contributed by atoms with Crippen LogP contribution < -0.4 is 5.73 Å². The molecule has 0 spiro atoms. The second-order valence-corrected chi connectivity index (χ2v) is 4.31. The quantitative estimate of drug-likeness (QED) is 0.828. The Morgan fingerprint density at radius 3 is 2.69 bits per heavy atom. The highest BCUT2D eigenvalue weighted by Crippen LogP contribution is 2.20. The first kappa shape index (κ1) is 10.8. The van der Waals surface area contributed by atoms with Gasteiger partial charge in [0.15, 0.2) is 0 Å². The standard InChI is InChI=1S/C11H14N4O/c1-7-5-4-6-13-8(7)9-14-10(16-15-9)11(2,3)12/h4-6H,12H2,1-3H3. The summed E-state index contributed by atoms with van der Waals surface area (Å²) in [6.07, 6.45) is 1.70. The van der Waals surface area contributed by atoms with Gasteiger partial charge in [-0.2, -0.15) is 4.98 Å². The van der Waals surface area contributed by atoms with Crippen LogP contribution in [0.15, 0.2) is 22.9 Å². The minimum Gasteiger partial charge on any atom is -0.337 e. The van der Waals surface area contributed by atoms with E-state index in [4.69, 9.17) is 10.3 Å². The zero-order valence-corrected chi connectivity index (χ0v) is 9.56. The van der Waals surface area contributed by atoms with Crippen molar-refractivity contribution in [1.82, 2.24) is 15.1 Å². The maximum Gasteiger partial charge on any atom is 0.246 e. The van der Waals surface area contributed by atoms with Crippen LogP contribution in [0.5, 0.6) is 0 Å². The fraction of sp³-hybridized carbons (Fsp3) is 0.364. The van der Waals surface area contributed by atoms with E-state index >= 15 is 0 Å². The van der Waals surface area contributed by atoms with E-state index in [1.807, 2.05) is 32.9 Å². The van der Waals surface area contributed by atoms with Crippen LogP contribution in [0.4, 0.5) is 0 Å². The summed E-state index contributed by atoms with van der Waals surface area (Å²) in [5.41, 5.74) is 6.97. The van der Waals surface area contributed by atoms with Crippen molar-refractivity contribution in [2.75, 3.05) is 0 Å². The third kappa shape index (κ3) is 1.94. The van der Waals surface area contributed by atoms with Gasteiger partial charge in [-0.05, 0) is 32.4 Å². The van der Waals surface area contributed by atoms with Gasteiger partial charge in [-0.25, -0.2) is 0 Å². The number of aryl methyl sites for hydroxylation is 1. The van der Waals surface area contributed by atoms with Crippen molar-refractivity contribution >= 4 is 0 Å². The lowest BCUT2D eigenvalue weighted by Gasteiger charge is -2.10. The van der Waals surface area contributed by atoms with Crippen molar-refractivity contribution < 1.29 is 4.52 Å². The summed E-state index contributed by atoms with van der Waals surface area (Å²) < 4.78 is 5.11. The number of pyridine rings is 1. The molecule has 0 amide bonds. The molecule has 0 fully saturated rings. The minimum absolute atomic E-state index is 0.410. The van der Waals surface area contributed by atoms with Crippen molar-refractivity contribution in [2.45, 2.75) is 26.3 Å². The molecular weight excluding hydrogens is 204 g/mol. The smallest absolute Gasteiger partial charge is 0.246 e. The molecule has 2 rings (SSSR count). The van der Waals surface area contributed by atoms with Gasteiger partial charge < -0.3 is 10.3 Å². The molecule has 0 radical (unpaired) electrons. The third-order valence-electron chi connectivity index (χ3n) is 2.20. The number of hydrogen-bond donors (Lipinski definition) is 1. The molecule has 0 aliphatic carbocycles. The number of hydrogen-bond acceptors (Lipinski definition) is 5. The Morgan fingerprint density at radius 1 is 1.38 bits per heavy atom. The number of rotatable bonds is 2. The van der Waals surface area contributed by atoms with Gasteiger partial charge >= 0.3 is 0 Å². The summed E-state index contributed by atoms with van der Waals surface area (Å²) in [4.78, 5) is 8.47. The van der Waals surface area contributed by atoms with E-state index < -0.39 is 5.54 Å². The fourth-order valence-corrected chi connectivity index (χ4v) is 1.30. The predicted molar refractivity (Wildman–Crippen MR) is 59.5 cm³/mol. The van der Waals surface area contributed by atoms with Crippen molar-refractivity contribution in [3.8, 4) is 11.5 Å². The predicted octanol–water partition coefficient (Wildman–Crippen LogP) is 1.63. The summed E-state index contributed by atoms with van der Waals surface area (Å²) in [5, 5.41) is 3.89. The summed E-state index contributed by atoms with van der Waals surface area (Å²) in [6.45, 7) is 5.58. The van der Waals surface area contributed by atoms with Gasteiger partial charge in [0.05, 0.1) is 5.54 Å². The molecule has 0 bridgehead atoms. The Balaban J connectivity index is 2.44. The SMILES string of the molecule is Cc1cccnc1-c1noc(C(C)(C)N)n1.